The summed E-state index contributed by atoms with van der Waals surface area (Å²) in [7, 11) is 1.63. The van der Waals surface area contributed by atoms with Gasteiger partial charge >= 0.3 is 6.09 Å². The molecule has 2 aromatic rings. The zero-order valence-corrected chi connectivity index (χ0v) is 22.1. The van der Waals surface area contributed by atoms with Crippen LogP contribution in [0.25, 0.3) is 0 Å². The average Bonchev–Trinajstić information content (AvgIpc) is 3.57. The smallest absolute Gasteiger partial charge is 0.410 e. The summed E-state index contributed by atoms with van der Waals surface area (Å²) in [4.78, 5) is 38.0. The van der Waals surface area contributed by atoms with Gasteiger partial charge in [0.25, 0.3) is 5.69 Å². The Labute approximate surface area is 226 Å². The summed E-state index contributed by atoms with van der Waals surface area (Å²) < 4.78 is 10.7. The highest BCUT2D eigenvalue weighted by Crippen LogP contribution is 2.31. The summed E-state index contributed by atoms with van der Waals surface area (Å²) in [6.07, 6.45) is 0.837. The lowest BCUT2D eigenvalue weighted by Crippen LogP contribution is -2.49. The van der Waals surface area contributed by atoms with Crippen LogP contribution in [0.2, 0.25) is 0 Å². The highest BCUT2D eigenvalue weighted by molar-refractivity contribution is 7.99. The maximum absolute atomic E-state index is 13.1. The van der Waals surface area contributed by atoms with E-state index in [-0.39, 0.29) is 41.9 Å². The van der Waals surface area contributed by atoms with Crippen LogP contribution in [0.5, 0.6) is 5.75 Å². The summed E-state index contributed by atoms with van der Waals surface area (Å²) >= 11 is 1.71. The van der Waals surface area contributed by atoms with Gasteiger partial charge in [0.05, 0.1) is 12.0 Å². The van der Waals surface area contributed by atoms with Crippen LogP contribution >= 0.6 is 24.2 Å². The van der Waals surface area contributed by atoms with Gasteiger partial charge in [-0.05, 0) is 54.8 Å². The highest BCUT2D eigenvalue weighted by atomic mass is 35.5. The molecule has 0 bridgehead atoms. The van der Waals surface area contributed by atoms with E-state index in [2.05, 4.69) is 10.6 Å². The molecule has 3 atom stereocenters. The van der Waals surface area contributed by atoms with Crippen molar-refractivity contribution in [1.82, 2.24) is 15.5 Å². The van der Waals surface area contributed by atoms with Crippen LogP contribution < -0.4 is 15.4 Å². The van der Waals surface area contributed by atoms with Crippen LogP contribution in [0.1, 0.15) is 24.0 Å². The number of nitrogens with one attached hydrogen (secondary N) is 2. The first-order valence-electron chi connectivity index (χ1n) is 11.9. The molecule has 2 amide bonds. The van der Waals surface area contributed by atoms with Gasteiger partial charge in [-0.3, -0.25) is 19.8 Å². The van der Waals surface area contributed by atoms with Gasteiger partial charge in [0.2, 0.25) is 5.91 Å². The van der Waals surface area contributed by atoms with Gasteiger partial charge in [0.15, 0.2) is 0 Å². The lowest BCUT2D eigenvalue weighted by Gasteiger charge is -2.24. The molecule has 0 aromatic heterocycles. The van der Waals surface area contributed by atoms with Crippen molar-refractivity contribution in [3.05, 3.63) is 69.8 Å². The summed E-state index contributed by atoms with van der Waals surface area (Å²) in [5, 5.41) is 17.2. The Balaban J connectivity index is 0.00000380. The number of rotatable bonds is 9. The predicted molar refractivity (Wildman–Crippen MR) is 143 cm³/mol. The zero-order valence-electron chi connectivity index (χ0n) is 20.5. The minimum absolute atomic E-state index is 0. The van der Waals surface area contributed by atoms with Gasteiger partial charge in [-0.1, -0.05) is 12.1 Å². The van der Waals surface area contributed by atoms with Crippen LogP contribution in [0, 0.1) is 10.1 Å². The van der Waals surface area contributed by atoms with E-state index in [0.29, 0.717) is 18.5 Å². The topological polar surface area (TPSA) is 123 Å². The van der Waals surface area contributed by atoms with E-state index in [1.165, 1.54) is 17.0 Å². The van der Waals surface area contributed by atoms with Gasteiger partial charge in [0, 0.05) is 42.3 Å². The quantitative estimate of drug-likeness (QED) is 0.359. The fourth-order valence-corrected chi connectivity index (χ4v) is 5.53. The first-order chi connectivity index (χ1) is 17.4. The van der Waals surface area contributed by atoms with Gasteiger partial charge in [-0.15, -0.1) is 12.4 Å². The Hall–Kier alpha value is -3.02. The van der Waals surface area contributed by atoms with Crippen molar-refractivity contribution < 1.29 is 24.0 Å². The Morgan fingerprint density at radius 1 is 1.16 bits per heavy atom. The van der Waals surface area contributed by atoms with E-state index in [1.807, 2.05) is 24.3 Å². The van der Waals surface area contributed by atoms with E-state index in [9.17, 15) is 19.7 Å². The molecule has 2 N–H and O–H groups in total. The second kappa shape index (κ2) is 13.5. The normalized spacial score (nSPS) is 20.7. The number of amides is 2. The van der Waals surface area contributed by atoms with Gasteiger partial charge in [-0.25, -0.2) is 4.79 Å². The fraction of sp³-hybridized carbons (Fsp3) is 0.440. The van der Waals surface area contributed by atoms with Crippen molar-refractivity contribution >= 4 is 41.9 Å². The monoisotopic (exact) mass is 550 g/mol. The summed E-state index contributed by atoms with van der Waals surface area (Å²) in [6, 6.07) is 13.2. The van der Waals surface area contributed by atoms with Crippen molar-refractivity contribution in [3.63, 3.8) is 0 Å². The van der Waals surface area contributed by atoms with Crippen molar-refractivity contribution in [2.75, 3.05) is 26.7 Å². The minimum Gasteiger partial charge on any atom is -0.497 e. The van der Waals surface area contributed by atoms with Crippen molar-refractivity contribution in [1.29, 1.82) is 0 Å². The SMILES string of the molecule is COc1ccc(CS[C@H]2C[C@@H](C(=O)N[C@H]3CCNC3)N(C(=O)OCc3ccc([N+](=O)[O-])cc3)C2)cc1.Cl. The molecule has 2 aliphatic heterocycles. The second-order valence-electron chi connectivity index (χ2n) is 8.86. The molecule has 12 heteroatoms. The van der Waals surface area contributed by atoms with Gasteiger partial charge in [-0.2, -0.15) is 11.8 Å². The predicted octanol–water partition coefficient (Wildman–Crippen LogP) is 3.52. The van der Waals surface area contributed by atoms with Crippen LogP contribution in [-0.2, 0) is 21.9 Å². The van der Waals surface area contributed by atoms with E-state index in [1.54, 1.807) is 31.0 Å². The number of carbonyl (C=O) groups is 2. The number of halogens is 1. The molecular weight excluding hydrogens is 520 g/mol. The van der Waals surface area contributed by atoms with Crippen molar-refractivity contribution in [3.8, 4) is 5.75 Å². The van der Waals surface area contributed by atoms with Crippen molar-refractivity contribution in [2.45, 2.75) is 42.5 Å². The van der Waals surface area contributed by atoms with Crippen LogP contribution in [0.3, 0.4) is 0 Å². The molecule has 2 saturated heterocycles. The van der Waals surface area contributed by atoms with Crippen molar-refractivity contribution in [2.24, 2.45) is 0 Å². The molecule has 2 heterocycles. The second-order valence-corrected chi connectivity index (χ2v) is 10.2. The number of likely N-dealkylation sites (tertiary alicyclic amines) is 1. The number of benzene rings is 2. The van der Waals surface area contributed by atoms with E-state index in [4.69, 9.17) is 9.47 Å². The van der Waals surface area contributed by atoms with Crippen LogP contribution in [0.15, 0.2) is 48.5 Å². The number of carbonyl (C=O) groups excluding carboxylic acids is 2. The summed E-state index contributed by atoms with van der Waals surface area (Å²) in [5.41, 5.74) is 1.74. The van der Waals surface area contributed by atoms with Gasteiger partial charge in [0.1, 0.15) is 18.4 Å². The lowest BCUT2D eigenvalue weighted by atomic mass is 10.1. The summed E-state index contributed by atoms with van der Waals surface area (Å²) in [6.45, 7) is 1.95. The molecular formula is C25H31ClN4O6S. The minimum atomic E-state index is -0.608. The third-order valence-corrected chi connectivity index (χ3v) is 7.67. The number of hydrogen-bond donors (Lipinski definition) is 2. The van der Waals surface area contributed by atoms with Crippen LogP contribution in [0.4, 0.5) is 10.5 Å². The van der Waals surface area contributed by atoms with Crippen LogP contribution in [-0.4, -0.2) is 65.9 Å². The molecule has 0 radical (unpaired) electrons. The number of nitro groups is 1. The molecule has 0 spiro atoms. The maximum Gasteiger partial charge on any atom is 0.410 e. The number of ether oxygens (including phenoxy) is 2. The number of non-ortho nitro benzene ring substituents is 1. The molecule has 0 saturated carbocycles. The molecule has 4 rings (SSSR count). The fourth-order valence-electron chi connectivity index (χ4n) is 4.32. The molecule has 2 aromatic carbocycles. The van der Waals surface area contributed by atoms with Gasteiger partial charge < -0.3 is 20.1 Å². The third-order valence-electron chi connectivity index (χ3n) is 6.36. The van der Waals surface area contributed by atoms with E-state index in [0.717, 1.165) is 36.6 Å². The number of hydrogen-bond acceptors (Lipinski definition) is 8. The lowest BCUT2D eigenvalue weighted by molar-refractivity contribution is -0.384. The first-order valence-corrected chi connectivity index (χ1v) is 12.9. The average molecular weight is 551 g/mol. The molecule has 0 aliphatic carbocycles. The molecule has 37 heavy (non-hydrogen) atoms. The summed E-state index contributed by atoms with van der Waals surface area (Å²) in [5.74, 6) is 1.38. The number of nitrogens with zero attached hydrogens (tertiary/aromatic N) is 2. The molecule has 200 valence electrons. The standard InChI is InChI=1S/C25H30N4O6S.ClH/c1-34-21-8-4-18(5-9-21)16-36-22-12-23(24(30)27-19-10-11-26-13-19)28(14-22)25(31)35-15-17-2-6-20(7-3-17)29(32)33;/h2-9,19,22-23,26H,10-16H2,1H3,(H,27,30);1H/t19-,22-,23-;/m0./s1. The Kier molecular flexibility index (Phi) is 10.4. The molecule has 2 aliphatic rings. The van der Waals surface area contributed by atoms with E-state index >= 15 is 0 Å². The Morgan fingerprint density at radius 2 is 1.86 bits per heavy atom. The molecule has 0 unspecified atom stereocenters. The maximum atomic E-state index is 13.1. The third kappa shape index (κ3) is 7.73. The number of thioether (sulfide) groups is 1. The molecule has 10 nitrogen and oxygen atoms in total. The number of nitro benzene ring substituents is 1. The number of methoxy groups -OCH3 is 1. The Morgan fingerprint density at radius 3 is 2.49 bits per heavy atom. The largest absolute Gasteiger partial charge is 0.497 e. The molecule has 2 fully saturated rings. The van der Waals surface area contributed by atoms with E-state index < -0.39 is 17.1 Å². The Bertz CT molecular complexity index is 1070. The zero-order chi connectivity index (χ0) is 25.5. The first kappa shape index (κ1) is 28.5. The highest BCUT2D eigenvalue weighted by Gasteiger charge is 2.41.